The van der Waals surface area contributed by atoms with E-state index in [0.717, 1.165) is 48.6 Å². The number of aromatic nitrogens is 2. The lowest BCUT2D eigenvalue weighted by Gasteiger charge is -2.34. The van der Waals surface area contributed by atoms with Crippen molar-refractivity contribution < 1.29 is 4.79 Å². The summed E-state index contributed by atoms with van der Waals surface area (Å²) < 4.78 is 0. The van der Waals surface area contributed by atoms with E-state index in [1.165, 1.54) is 0 Å². The van der Waals surface area contributed by atoms with Gasteiger partial charge in [-0.3, -0.25) is 14.7 Å². The number of rotatable bonds is 4. The molecular formula is C23H24N4O. The number of hydrogen-bond acceptors (Lipinski definition) is 4. The molecule has 1 aromatic carbocycles. The van der Waals surface area contributed by atoms with Crippen LogP contribution in [-0.2, 0) is 0 Å². The molecule has 0 saturated carbocycles. The third-order valence-electron chi connectivity index (χ3n) is 5.16. The molecule has 0 aliphatic carbocycles. The minimum absolute atomic E-state index is 0.0110. The van der Waals surface area contributed by atoms with Crippen LogP contribution in [0.5, 0.6) is 0 Å². The van der Waals surface area contributed by atoms with Crippen molar-refractivity contribution in [2.75, 3.05) is 18.0 Å². The summed E-state index contributed by atoms with van der Waals surface area (Å²) in [6.45, 7) is 3.79. The Morgan fingerprint density at radius 2 is 1.86 bits per heavy atom. The molecule has 5 nitrogen and oxygen atoms in total. The Morgan fingerprint density at radius 1 is 1.04 bits per heavy atom. The Hall–Kier alpha value is -3.05. The van der Waals surface area contributed by atoms with Gasteiger partial charge in [0.2, 0.25) is 0 Å². The van der Waals surface area contributed by atoms with Crippen LogP contribution >= 0.6 is 0 Å². The zero-order valence-electron chi connectivity index (χ0n) is 16.0. The fraction of sp³-hybridized carbons (Fsp3) is 0.261. The maximum Gasteiger partial charge on any atom is 0.259 e. The largest absolute Gasteiger partial charge is 0.315 e. The molecule has 1 N–H and O–H groups in total. The van der Waals surface area contributed by atoms with Gasteiger partial charge in [-0.15, -0.1) is 0 Å². The first-order valence-corrected chi connectivity index (χ1v) is 9.71. The molecule has 0 unspecified atom stereocenters. The smallest absolute Gasteiger partial charge is 0.259 e. The van der Waals surface area contributed by atoms with Gasteiger partial charge in [0.15, 0.2) is 0 Å². The van der Waals surface area contributed by atoms with E-state index in [2.05, 4.69) is 15.3 Å². The highest BCUT2D eigenvalue weighted by Crippen LogP contribution is 2.25. The van der Waals surface area contributed by atoms with Crippen molar-refractivity contribution in [3.63, 3.8) is 0 Å². The zero-order valence-corrected chi connectivity index (χ0v) is 16.0. The molecule has 1 fully saturated rings. The molecule has 0 bridgehead atoms. The summed E-state index contributed by atoms with van der Waals surface area (Å²) >= 11 is 0. The molecule has 28 heavy (non-hydrogen) atoms. The van der Waals surface area contributed by atoms with E-state index in [1.807, 2.05) is 66.4 Å². The SMILES string of the molecule is Cc1cccnc1N(C(=O)c1ccc(-c2ccccn2)cc1)[C@@H]1CCCNC1. The number of aryl methyl sites for hydroxylation is 1. The van der Waals surface area contributed by atoms with Crippen molar-refractivity contribution >= 4 is 11.7 Å². The minimum Gasteiger partial charge on any atom is -0.315 e. The van der Waals surface area contributed by atoms with E-state index in [-0.39, 0.29) is 11.9 Å². The fourth-order valence-electron chi connectivity index (χ4n) is 3.67. The summed E-state index contributed by atoms with van der Waals surface area (Å²) in [7, 11) is 0. The van der Waals surface area contributed by atoms with Gasteiger partial charge in [0.25, 0.3) is 5.91 Å². The third-order valence-corrected chi connectivity index (χ3v) is 5.16. The van der Waals surface area contributed by atoms with Crippen molar-refractivity contribution in [2.24, 2.45) is 0 Å². The van der Waals surface area contributed by atoms with Crippen LogP contribution < -0.4 is 10.2 Å². The summed E-state index contributed by atoms with van der Waals surface area (Å²) in [4.78, 5) is 24.3. The van der Waals surface area contributed by atoms with E-state index >= 15 is 0 Å². The number of anilines is 1. The van der Waals surface area contributed by atoms with Crippen molar-refractivity contribution in [3.05, 3.63) is 78.1 Å². The summed E-state index contributed by atoms with van der Waals surface area (Å²) in [6, 6.07) is 17.5. The lowest BCUT2D eigenvalue weighted by Crippen LogP contribution is -2.49. The molecule has 3 aromatic rings. The summed E-state index contributed by atoms with van der Waals surface area (Å²) in [5, 5.41) is 3.41. The van der Waals surface area contributed by atoms with Crippen molar-refractivity contribution in [2.45, 2.75) is 25.8 Å². The highest BCUT2D eigenvalue weighted by Gasteiger charge is 2.29. The van der Waals surface area contributed by atoms with Crippen LogP contribution in [0.2, 0.25) is 0 Å². The molecule has 1 atom stereocenters. The molecule has 2 aromatic heterocycles. The first-order valence-electron chi connectivity index (χ1n) is 9.71. The first kappa shape index (κ1) is 18.3. The molecule has 3 heterocycles. The minimum atomic E-state index is -0.0110. The molecule has 5 heteroatoms. The molecule has 1 amide bonds. The quantitative estimate of drug-likeness (QED) is 0.756. The average molecular weight is 372 g/mol. The van der Waals surface area contributed by atoms with Crippen LogP contribution in [0.25, 0.3) is 11.3 Å². The van der Waals surface area contributed by atoms with Crippen LogP contribution in [0.1, 0.15) is 28.8 Å². The van der Waals surface area contributed by atoms with Crippen molar-refractivity contribution in [1.29, 1.82) is 0 Å². The number of carbonyl (C=O) groups excluding carboxylic acids is 1. The van der Waals surface area contributed by atoms with Gasteiger partial charge in [-0.2, -0.15) is 0 Å². The van der Waals surface area contributed by atoms with Gasteiger partial charge in [0, 0.05) is 30.1 Å². The summed E-state index contributed by atoms with van der Waals surface area (Å²) in [6.07, 6.45) is 5.55. The van der Waals surface area contributed by atoms with Crippen LogP contribution in [-0.4, -0.2) is 35.0 Å². The van der Waals surface area contributed by atoms with E-state index < -0.39 is 0 Å². The molecule has 1 saturated heterocycles. The number of nitrogens with one attached hydrogen (secondary N) is 1. The van der Waals surface area contributed by atoms with Gasteiger partial charge in [0.1, 0.15) is 5.82 Å². The second-order valence-corrected chi connectivity index (χ2v) is 7.11. The fourth-order valence-corrected chi connectivity index (χ4v) is 3.67. The van der Waals surface area contributed by atoms with Gasteiger partial charge >= 0.3 is 0 Å². The average Bonchev–Trinajstić information content (AvgIpc) is 2.77. The number of nitrogens with zero attached hydrogens (tertiary/aromatic N) is 3. The monoisotopic (exact) mass is 372 g/mol. The Kier molecular flexibility index (Phi) is 5.44. The lowest BCUT2D eigenvalue weighted by molar-refractivity contribution is 0.0971. The number of hydrogen-bond donors (Lipinski definition) is 1. The Balaban J connectivity index is 1.66. The molecule has 142 valence electrons. The van der Waals surface area contributed by atoms with Crippen molar-refractivity contribution in [1.82, 2.24) is 15.3 Å². The number of carbonyl (C=O) groups is 1. The zero-order chi connectivity index (χ0) is 19.3. The third kappa shape index (κ3) is 3.80. The van der Waals surface area contributed by atoms with E-state index in [1.54, 1.807) is 12.4 Å². The number of benzene rings is 1. The van der Waals surface area contributed by atoms with E-state index in [9.17, 15) is 4.79 Å². The number of piperidine rings is 1. The molecule has 0 spiro atoms. The van der Waals surface area contributed by atoms with Gasteiger partial charge in [-0.25, -0.2) is 4.98 Å². The van der Waals surface area contributed by atoms with Crippen LogP contribution in [0, 0.1) is 6.92 Å². The van der Waals surface area contributed by atoms with E-state index in [4.69, 9.17) is 0 Å². The lowest BCUT2D eigenvalue weighted by atomic mass is 10.0. The van der Waals surface area contributed by atoms with Gasteiger partial charge < -0.3 is 5.32 Å². The highest BCUT2D eigenvalue weighted by atomic mass is 16.2. The van der Waals surface area contributed by atoms with E-state index in [0.29, 0.717) is 5.56 Å². The molecule has 0 radical (unpaired) electrons. The maximum atomic E-state index is 13.5. The summed E-state index contributed by atoms with van der Waals surface area (Å²) in [5.74, 6) is 0.734. The highest BCUT2D eigenvalue weighted by molar-refractivity contribution is 6.06. The van der Waals surface area contributed by atoms with Crippen LogP contribution in [0.3, 0.4) is 0 Å². The predicted octanol–water partition coefficient (Wildman–Crippen LogP) is 3.85. The molecular weight excluding hydrogens is 348 g/mol. The second kappa shape index (κ2) is 8.31. The predicted molar refractivity (Wildman–Crippen MR) is 111 cm³/mol. The van der Waals surface area contributed by atoms with Gasteiger partial charge in [-0.1, -0.05) is 24.3 Å². The standard InChI is InChI=1S/C23H24N4O/c1-17-6-4-15-26-22(17)27(20-7-5-13-24-16-20)23(28)19-11-9-18(10-12-19)21-8-2-3-14-25-21/h2-4,6,8-12,14-15,20,24H,5,7,13,16H2,1H3/t20-/m1/s1. The Labute approximate surface area is 165 Å². The first-order chi connectivity index (χ1) is 13.7. The summed E-state index contributed by atoms with van der Waals surface area (Å²) in [5.41, 5.74) is 3.56. The molecule has 1 aliphatic rings. The second-order valence-electron chi connectivity index (χ2n) is 7.11. The Morgan fingerprint density at radius 3 is 2.54 bits per heavy atom. The van der Waals surface area contributed by atoms with Crippen LogP contribution in [0.15, 0.2) is 67.0 Å². The van der Waals surface area contributed by atoms with Gasteiger partial charge in [0.05, 0.1) is 11.7 Å². The van der Waals surface area contributed by atoms with Gasteiger partial charge in [-0.05, 0) is 62.2 Å². The normalized spacial score (nSPS) is 16.5. The molecule has 4 rings (SSSR count). The number of amides is 1. The van der Waals surface area contributed by atoms with Crippen LogP contribution in [0.4, 0.5) is 5.82 Å². The van der Waals surface area contributed by atoms with Crippen molar-refractivity contribution in [3.8, 4) is 11.3 Å². The Bertz CT molecular complexity index is 934. The number of pyridine rings is 2. The topological polar surface area (TPSA) is 58.1 Å². The maximum absolute atomic E-state index is 13.5. The molecule has 1 aliphatic heterocycles.